The van der Waals surface area contributed by atoms with Crippen LogP contribution in [0, 0.1) is 17.0 Å². The van der Waals surface area contributed by atoms with Gasteiger partial charge in [-0.3, -0.25) is 10.1 Å². The molecule has 1 atom stereocenters. The lowest BCUT2D eigenvalue weighted by atomic mass is 10.0. The van der Waals surface area contributed by atoms with Gasteiger partial charge in [0.15, 0.2) is 0 Å². The molecule has 1 aromatic rings. The van der Waals surface area contributed by atoms with Gasteiger partial charge in [-0.1, -0.05) is 0 Å². The van der Waals surface area contributed by atoms with Crippen molar-refractivity contribution >= 4 is 11.4 Å². The summed E-state index contributed by atoms with van der Waals surface area (Å²) >= 11 is 0. The minimum atomic E-state index is -0.338. The summed E-state index contributed by atoms with van der Waals surface area (Å²) in [6.45, 7) is 7.08. The van der Waals surface area contributed by atoms with Crippen LogP contribution in [0.3, 0.4) is 0 Å². The Labute approximate surface area is 113 Å². The topological polar surface area (TPSA) is 58.4 Å². The van der Waals surface area contributed by atoms with Crippen molar-refractivity contribution in [3.05, 3.63) is 33.9 Å². The molecular weight excluding hydrogens is 242 g/mol. The summed E-state index contributed by atoms with van der Waals surface area (Å²) in [7, 11) is 0. The molecular formula is C14H21N3O2. The summed E-state index contributed by atoms with van der Waals surface area (Å²) in [5.41, 5.74) is 2.25. The monoisotopic (exact) mass is 263 g/mol. The van der Waals surface area contributed by atoms with Crippen molar-refractivity contribution in [1.82, 2.24) is 5.32 Å². The van der Waals surface area contributed by atoms with Crippen LogP contribution in [-0.2, 0) is 0 Å². The first-order valence-corrected chi connectivity index (χ1v) is 6.86. The first-order valence-electron chi connectivity index (χ1n) is 6.86. The van der Waals surface area contributed by atoms with E-state index in [1.54, 1.807) is 12.1 Å². The van der Waals surface area contributed by atoms with Crippen LogP contribution in [0.25, 0.3) is 0 Å². The number of anilines is 1. The van der Waals surface area contributed by atoms with Crippen LogP contribution >= 0.6 is 0 Å². The Hall–Kier alpha value is -1.62. The molecule has 0 aromatic heterocycles. The van der Waals surface area contributed by atoms with E-state index in [4.69, 9.17) is 0 Å². The van der Waals surface area contributed by atoms with Gasteiger partial charge in [0.1, 0.15) is 0 Å². The normalized spacial score (nSPS) is 19.2. The summed E-state index contributed by atoms with van der Waals surface area (Å²) in [4.78, 5) is 12.8. The number of nitrogens with one attached hydrogen (secondary N) is 1. The lowest BCUT2D eigenvalue weighted by Crippen LogP contribution is -2.46. The highest BCUT2D eigenvalue weighted by Gasteiger charge is 2.22. The Kier molecular flexibility index (Phi) is 4.37. The number of non-ortho nitro benzene ring substituents is 1. The van der Waals surface area contributed by atoms with Crippen molar-refractivity contribution in [2.75, 3.05) is 24.5 Å². The van der Waals surface area contributed by atoms with Gasteiger partial charge in [-0.05, 0) is 44.9 Å². The molecule has 104 valence electrons. The molecule has 0 aliphatic carbocycles. The van der Waals surface area contributed by atoms with E-state index in [9.17, 15) is 10.1 Å². The maximum Gasteiger partial charge on any atom is 0.269 e. The van der Waals surface area contributed by atoms with Crippen molar-refractivity contribution in [3.63, 3.8) is 0 Å². The van der Waals surface area contributed by atoms with Gasteiger partial charge in [0, 0.05) is 37.0 Å². The molecule has 0 amide bonds. The second-order valence-corrected chi connectivity index (χ2v) is 5.01. The number of benzene rings is 1. The van der Waals surface area contributed by atoms with Crippen molar-refractivity contribution in [1.29, 1.82) is 0 Å². The first-order chi connectivity index (χ1) is 9.13. The predicted octanol–water partition coefficient (Wildman–Crippen LogP) is 2.48. The van der Waals surface area contributed by atoms with Crippen LogP contribution in [-0.4, -0.2) is 30.6 Å². The molecule has 19 heavy (non-hydrogen) atoms. The van der Waals surface area contributed by atoms with Crippen LogP contribution in [0.15, 0.2) is 18.2 Å². The number of rotatable bonds is 4. The number of nitrogens with zero attached hydrogens (tertiary/aromatic N) is 2. The lowest BCUT2D eigenvalue weighted by Gasteiger charge is -2.36. The second kappa shape index (κ2) is 6.02. The number of aryl methyl sites for hydroxylation is 1. The van der Waals surface area contributed by atoms with Crippen molar-refractivity contribution in [3.8, 4) is 0 Å². The van der Waals surface area contributed by atoms with Gasteiger partial charge in [-0.25, -0.2) is 0 Å². The summed E-state index contributed by atoms with van der Waals surface area (Å²) in [5, 5.41) is 14.2. The number of hydrogen-bond donors (Lipinski definition) is 1. The Morgan fingerprint density at radius 2 is 2.32 bits per heavy atom. The molecule has 5 heteroatoms. The smallest absolute Gasteiger partial charge is 0.269 e. The molecule has 0 radical (unpaired) electrons. The number of hydrogen-bond acceptors (Lipinski definition) is 4. The maximum atomic E-state index is 10.8. The van der Waals surface area contributed by atoms with Crippen molar-refractivity contribution < 1.29 is 4.92 Å². The van der Waals surface area contributed by atoms with Crippen LogP contribution in [0.5, 0.6) is 0 Å². The third kappa shape index (κ3) is 3.04. The average molecular weight is 263 g/mol. The van der Waals surface area contributed by atoms with Gasteiger partial charge >= 0.3 is 0 Å². The molecule has 1 aromatic carbocycles. The van der Waals surface area contributed by atoms with Crippen LogP contribution < -0.4 is 10.2 Å². The van der Waals surface area contributed by atoms with Crippen molar-refractivity contribution in [2.45, 2.75) is 32.7 Å². The molecule has 1 fully saturated rings. The zero-order chi connectivity index (χ0) is 13.8. The van der Waals surface area contributed by atoms with Gasteiger partial charge in [0.2, 0.25) is 0 Å². The Balaban J connectivity index is 2.24. The summed E-state index contributed by atoms with van der Waals surface area (Å²) in [6.07, 6.45) is 2.37. The van der Waals surface area contributed by atoms with Crippen LogP contribution in [0.1, 0.15) is 25.3 Å². The number of likely N-dealkylation sites (N-methyl/N-ethyl adjacent to an activating group) is 1. The van der Waals surface area contributed by atoms with E-state index < -0.39 is 0 Å². The van der Waals surface area contributed by atoms with Gasteiger partial charge in [-0.15, -0.1) is 0 Å². The highest BCUT2D eigenvalue weighted by Crippen LogP contribution is 2.27. The van der Waals surface area contributed by atoms with E-state index in [1.807, 2.05) is 13.0 Å². The molecule has 2 rings (SSSR count). The van der Waals surface area contributed by atoms with Gasteiger partial charge in [0.25, 0.3) is 5.69 Å². The molecule has 5 nitrogen and oxygen atoms in total. The van der Waals surface area contributed by atoms with E-state index >= 15 is 0 Å². The standard InChI is InChI=1S/C14H21N3O2/c1-3-16(13-5-4-8-15-10-13)14-7-6-12(17(18)19)9-11(14)2/h6-7,9,13,15H,3-5,8,10H2,1-2H3. The molecule has 1 N–H and O–H groups in total. The number of piperidine rings is 1. The minimum Gasteiger partial charge on any atom is -0.367 e. The van der Waals surface area contributed by atoms with E-state index in [0.29, 0.717) is 6.04 Å². The molecule has 0 saturated carbocycles. The van der Waals surface area contributed by atoms with E-state index in [-0.39, 0.29) is 10.6 Å². The molecule has 1 aliphatic rings. The van der Waals surface area contributed by atoms with Gasteiger partial charge < -0.3 is 10.2 Å². The number of nitro benzene ring substituents is 1. The van der Waals surface area contributed by atoms with Crippen LogP contribution in [0.4, 0.5) is 11.4 Å². The molecule has 0 bridgehead atoms. The van der Waals surface area contributed by atoms with E-state index in [2.05, 4.69) is 17.1 Å². The highest BCUT2D eigenvalue weighted by atomic mass is 16.6. The maximum absolute atomic E-state index is 10.8. The Bertz CT molecular complexity index is 456. The Morgan fingerprint density at radius 1 is 1.53 bits per heavy atom. The predicted molar refractivity (Wildman–Crippen MR) is 76.7 cm³/mol. The highest BCUT2D eigenvalue weighted by molar-refractivity contribution is 5.58. The molecule has 0 spiro atoms. The van der Waals surface area contributed by atoms with Gasteiger partial charge in [0.05, 0.1) is 4.92 Å². The largest absolute Gasteiger partial charge is 0.367 e. The molecule has 1 aliphatic heterocycles. The third-order valence-electron chi connectivity index (χ3n) is 3.75. The zero-order valence-corrected chi connectivity index (χ0v) is 11.6. The lowest BCUT2D eigenvalue weighted by molar-refractivity contribution is -0.384. The third-order valence-corrected chi connectivity index (χ3v) is 3.75. The number of nitro groups is 1. The van der Waals surface area contributed by atoms with Crippen LogP contribution in [0.2, 0.25) is 0 Å². The fraction of sp³-hybridized carbons (Fsp3) is 0.571. The molecule has 1 unspecified atom stereocenters. The molecule has 1 saturated heterocycles. The zero-order valence-electron chi connectivity index (χ0n) is 11.6. The minimum absolute atomic E-state index is 0.166. The fourth-order valence-electron chi connectivity index (χ4n) is 2.80. The summed E-state index contributed by atoms with van der Waals surface area (Å²) in [6, 6.07) is 5.63. The van der Waals surface area contributed by atoms with Gasteiger partial charge in [-0.2, -0.15) is 0 Å². The SMILES string of the molecule is CCN(c1ccc([N+](=O)[O-])cc1C)C1CCCNC1. The summed E-state index contributed by atoms with van der Waals surface area (Å²) < 4.78 is 0. The van der Waals surface area contributed by atoms with E-state index in [0.717, 1.165) is 30.9 Å². The Morgan fingerprint density at radius 3 is 2.84 bits per heavy atom. The average Bonchev–Trinajstić information content (AvgIpc) is 2.42. The van der Waals surface area contributed by atoms with E-state index in [1.165, 1.54) is 12.8 Å². The summed E-state index contributed by atoms with van der Waals surface area (Å²) in [5.74, 6) is 0. The second-order valence-electron chi connectivity index (χ2n) is 5.01. The first kappa shape index (κ1) is 13.8. The van der Waals surface area contributed by atoms with Crippen molar-refractivity contribution in [2.24, 2.45) is 0 Å². The molecule has 1 heterocycles. The fourth-order valence-corrected chi connectivity index (χ4v) is 2.80. The quantitative estimate of drug-likeness (QED) is 0.669.